The molecule has 0 radical (unpaired) electrons. The van der Waals surface area contributed by atoms with E-state index >= 15 is 0 Å². The highest BCUT2D eigenvalue weighted by Gasteiger charge is 2.22. The van der Waals surface area contributed by atoms with E-state index in [0.717, 1.165) is 5.56 Å². The molecule has 2 aromatic rings. The summed E-state index contributed by atoms with van der Waals surface area (Å²) in [5, 5.41) is 3.10. The Morgan fingerprint density at radius 2 is 1.89 bits per heavy atom. The van der Waals surface area contributed by atoms with Gasteiger partial charge in [0.1, 0.15) is 11.6 Å². The fourth-order valence-electron chi connectivity index (χ4n) is 1.95. The van der Waals surface area contributed by atoms with Gasteiger partial charge in [-0.15, -0.1) is 0 Å². The van der Waals surface area contributed by atoms with Crippen LogP contribution in [0.25, 0.3) is 0 Å². The molecular weight excluding hydrogens is 314 g/mol. The van der Waals surface area contributed by atoms with Crippen molar-refractivity contribution in [1.29, 1.82) is 0 Å². The van der Waals surface area contributed by atoms with Gasteiger partial charge in [0.05, 0.1) is 10.5 Å². The Kier molecular flexibility index (Phi) is 4.61. The molecule has 0 amide bonds. The first-order chi connectivity index (χ1) is 9.15. The maximum absolute atomic E-state index is 14.2. The molecule has 1 heterocycles. The van der Waals surface area contributed by atoms with Crippen LogP contribution in [0.2, 0.25) is 0 Å². The summed E-state index contributed by atoms with van der Waals surface area (Å²) < 4.78 is 28.4. The van der Waals surface area contributed by atoms with Gasteiger partial charge < -0.3 is 5.32 Å². The highest BCUT2D eigenvalue weighted by molar-refractivity contribution is 9.10. The van der Waals surface area contributed by atoms with Crippen LogP contribution in [0.3, 0.4) is 0 Å². The predicted octanol–water partition coefficient (Wildman–Crippen LogP) is 3.82. The molecule has 1 atom stereocenters. The second-order valence-electron chi connectivity index (χ2n) is 4.03. The van der Waals surface area contributed by atoms with Crippen LogP contribution in [0, 0.1) is 11.6 Å². The average Bonchev–Trinajstić information content (AvgIpc) is 2.43. The Hall–Kier alpha value is -1.33. The molecule has 0 bridgehead atoms. The lowest BCUT2D eigenvalue weighted by atomic mass is 9.98. The van der Waals surface area contributed by atoms with Crippen LogP contribution < -0.4 is 5.32 Å². The normalized spacial score (nSPS) is 12.4. The van der Waals surface area contributed by atoms with Crippen molar-refractivity contribution in [2.75, 3.05) is 6.54 Å². The summed E-state index contributed by atoms with van der Waals surface area (Å²) in [6.45, 7) is 2.49. The van der Waals surface area contributed by atoms with E-state index in [-0.39, 0.29) is 10.0 Å². The molecule has 19 heavy (non-hydrogen) atoms. The molecule has 0 saturated heterocycles. The van der Waals surface area contributed by atoms with Crippen LogP contribution in [0.1, 0.15) is 24.1 Å². The van der Waals surface area contributed by atoms with Gasteiger partial charge in [0.15, 0.2) is 0 Å². The van der Waals surface area contributed by atoms with Crippen LogP contribution in [0.4, 0.5) is 8.78 Å². The van der Waals surface area contributed by atoms with Gasteiger partial charge in [-0.05, 0) is 52.3 Å². The monoisotopic (exact) mass is 326 g/mol. The minimum Gasteiger partial charge on any atom is -0.306 e. The smallest absolute Gasteiger partial charge is 0.145 e. The summed E-state index contributed by atoms with van der Waals surface area (Å²) >= 11 is 3.09. The van der Waals surface area contributed by atoms with Gasteiger partial charge in [0, 0.05) is 18.0 Å². The number of nitrogens with one attached hydrogen (secondary N) is 1. The molecule has 1 aromatic heterocycles. The first-order valence-corrected chi connectivity index (χ1v) is 6.71. The second-order valence-corrected chi connectivity index (χ2v) is 4.88. The molecule has 2 rings (SSSR count). The van der Waals surface area contributed by atoms with Crippen molar-refractivity contribution in [3.05, 3.63) is 63.9 Å². The quantitative estimate of drug-likeness (QED) is 0.864. The zero-order chi connectivity index (χ0) is 13.8. The third-order valence-electron chi connectivity index (χ3n) is 2.82. The Labute approximate surface area is 119 Å². The van der Waals surface area contributed by atoms with E-state index in [0.29, 0.717) is 6.54 Å². The van der Waals surface area contributed by atoms with Gasteiger partial charge in [-0.3, -0.25) is 4.98 Å². The van der Waals surface area contributed by atoms with Crippen molar-refractivity contribution in [1.82, 2.24) is 10.3 Å². The standard InChI is InChI=1S/C14H13BrF2N2/c1-2-19-14(9-5-7-18-8-6-9)12-11(16)4-3-10(15)13(12)17/h3-8,14,19H,2H2,1H3. The SMILES string of the molecule is CCNC(c1ccncc1)c1c(F)ccc(Br)c1F. The van der Waals surface area contributed by atoms with Crippen molar-refractivity contribution in [3.63, 3.8) is 0 Å². The molecule has 1 unspecified atom stereocenters. The van der Waals surface area contributed by atoms with E-state index < -0.39 is 17.7 Å². The maximum atomic E-state index is 14.2. The first-order valence-electron chi connectivity index (χ1n) is 5.91. The van der Waals surface area contributed by atoms with Crippen molar-refractivity contribution in [2.45, 2.75) is 13.0 Å². The lowest BCUT2D eigenvalue weighted by molar-refractivity contribution is 0.507. The van der Waals surface area contributed by atoms with Crippen molar-refractivity contribution in [2.24, 2.45) is 0 Å². The van der Waals surface area contributed by atoms with Gasteiger partial charge in [-0.1, -0.05) is 6.92 Å². The molecule has 1 aromatic carbocycles. The highest BCUT2D eigenvalue weighted by Crippen LogP contribution is 2.30. The third kappa shape index (κ3) is 2.98. The van der Waals surface area contributed by atoms with Crippen LogP contribution in [0.5, 0.6) is 0 Å². The number of aromatic nitrogens is 1. The topological polar surface area (TPSA) is 24.9 Å². The van der Waals surface area contributed by atoms with Crippen LogP contribution in [-0.2, 0) is 0 Å². The predicted molar refractivity (Wildman–Crippen MR) is 73.8 cm³/mol. The van der Waals surface area contributed by atoms with Gasteiger partial charge in [-0.2, -0.15) is 0 Å². The molecule has 0 fully saturated rings. The minimum atomic E-state index is -0.581. The molecular formula is C14H13BrF2N2. The molecule has 0 aliphatic rings. The Balaban J connectivity index is 2.54. The Morgan fingerprint density at radius 3 is 2.53 bits per heavy atom. The summed E-state index contributed by atoms with van der Waals surface area (Å²) in [4.78, 5) is 3.92. The molecule has 0 saturated carbocycles. The van der Waals surface area contributed by atoms with Crippen molar-refractivity contribution >= 4 is 15.9 Å². The summed E-state index contributed by atoms with van der Waals surface area (Å²) in [6, 6.07) is 5.57. The second kappa shape index (κ2) is 6.21. The largest absolute Gasteiger partial charge is 0.306 e. The van der Waals surface area contributed by atoms with E-state index in [2.05, 4.69) is 26.2 Å². The fourth-order valence-corrected chi connectivity index (χ4v) is 2.30. The molecule has 0 aliphatic carbocycles. The molecule has 100 valence electrons. The zero-order valence-electron chi connectivity index (χ0n) is 10.3. The van der Waals surface area contributed by atoms with Crippen LogP contribution in [-0.4, -0.2) is 11.5 Å². The molecule has 0 spiro atoms. The van der Waals surface area contributed by atoms with Gasteiger partial charge in [-0.25, -0.2) is 8.78 Å². The molecule has 2 nitrogen and oxygen atoms in total. The summed E-state index contributed by atoms with van der Waals surface area (Å²) in [7, 11) is 0. The number of rotatable bonds is 4. The van der Waals surface area contributed by atoms with Crippen LogP contribution in [0.15, 0.2) is 41.1 Å². The first kappa shape index (κ1) is 14.1. The van der Waals surface area contributed by atoms with Crippen molar-refractivity contribution < 1.29 is 8.78 Å². The Bertz CT molecular complexity index is 561. The number of hydrogen-bond acceptors (Lipinski definition) is 2. The number of benzene rings is 1. The molecule has 5 heteroatoms. The van der Waals surface area contributed by atoms with E-state index in [1.54, 1.807) is 24.5 Å². The van der Waals surface area contributed by atoms with Gasteiger partial charge >= 0.3 is 0 Å². The number of hydrogen-bond donors (Lipinski definition) is 1. The van der Waals surface area contributed by atoms with E-state index in [9.17, 15) is 8.78 Å². The minimum absolute atomic E-state index is 0.0161. The average molecular weight is 327 g/mol. The summed E-state index contributed by atoms with van der Waals surface area (Å²) in [5.74, 6) is -1.15. The summed E-state index contributed by atoms with van der Waals surface area (Å²) in [5.41, 5.74) is 0.787. The molecule has 1 N–H and O–H groups in total. The highest BCUT2D eigenvalue weighted by atomic mass is 79.9. The van der Waals surface area contributed by atoms with Crippen molar-refractivity contribution in [3.8, 4) is 0 Å². The Morgan fingerprint density at radius 1 is 1.21 bits per heavy atom. The van der Waals surface area contributed by atoms with E-state index in [4.69, 9.17) is 0 Å². The van der Waals surface area contributed by atoms with E-state index in [1.165, 1.54) is 12.1 Å². The number of pyridine rings is 1. The third-order valence-corrected chi connectivity index (χ3v) is 3.43. The maximum Gasteiger partial charge on any atom is 0.145 e. The fraction of sp³-hybridized carbons (Fsp3) is 0.214. The van der Waals surface area contributed by atoms with Gasteiger partial charge in [0.25, 0.3) is 0 Å². The number of nitrogens with zero attached hydrogens (tertiary/aromatic N) is 1. The van der Waals surface area contributed by atoms with Crippen LogP contribution >= 0.6 is 15.9 Å². The lowest BCUT2D eigenvalue weighted by Gasteiger charge is -2.20. The lowest BCUT2D eigenvalue weighted by Crippen LogP contribution is -2.24. The van der Waals surface area contributed by atoms with E-state index in [1.807, 2.05) is 6.92 Å². The zero-order valence-corrected chi connectivity index (χ0v) is 11.9. The number of halogens is 3. The molecule has 0 aliphatic heterocycles. The van der Waals surface area contributed by atoms with Gasteiger partial charge in [0.2, 0.25) is 0 Å². The summed E-state index contributed by atoms with van der Waals surface area (Å²) in [6.07, 6.45) is 3.21.